The van der Waals surface area contributed by atoms with Crippen LogP contribution in [-0.4, -0.2) is 44.2 Å². The van der Waals surface area contributed by atoms with Gasteiger partial charge < -0.3 is 5.32 Å². The summed E-state index contributed by atoms with van der Waals surface area (Å²) in [6.07, 6.45) is 7.48. The summed E-state index contributed by atoms with van der Waals surface area (Å²) < 4.78 is 27.5. The van der Waals surface area contributed by atoms with E-state index in [1.165, 1.54) is 12.8 Å². The monoisotopic (exact) mass is 316 g/mol. The average molecular weight is 317 g/mol. The summed E-state index contributed by atoms with van der Waals surface area (Å²) in [5.74, 6) is 1.33. The van der Waals surface area contributed by atoms with Gasteiger partial charge in [-0.05, 0) is 57.0 Å². The van der Waals surface area contributed by atoms with Crippen molar-refractivity contribution in [1.29, 1.82) is 0 Å². The second kappa shape index (κ2) is 7.93. The molecule has 2 aliphatic rings. The molecule has 5 heteroatoms. The van der Waals surface area contributed by atoms with E-state index in [1.807, 2.05) is 4.31 Å². The molecule has 0 radical (unpaired) electrons. The minimum atomic E-state index is -3.09. The normalized spacial score (nSPS) is 26.9. The predicted octanol–water partition coefficient (Wildman–Crippen LogP) is 2.61. The van der Waals surface area contributed by atoms with Gasteiger partial charge in [0.2, 0.25) is 10.0 Å². The number of hydrogen-bond donors (Lipinski definition) is 1. The van der Waals surface area contributed by atoms with E-state index in [0.717, 1.165) is 51.7 Å². The third kappa shape index (κ3) is 4.93. The summed E-state index contributed by atoms with van der Waals surface area (Å²) in [4.78, 5) is 0. The summed E-state index contributed by atoms with van der Waals surface area (Å²) in [6.45, 7) is 7.03. The molecular weight excluding hydrogens is 284 g/mol. The minimum Gasteiger partial charge on any atom is -0.317 e. The van der Waals surface area contributed by atoms with Crippen LogP contribution in [-0.2, 0) is 10.0 Å². The lowest BCUT2D eigenvalue weighted by molar-refractivity contribution is 0.197. The molecule has 2 rings (SSSR count). The number of hydrogen-bond acceptors (Lipinski definition) is 3. The summed E-state index contributed by atoms with van der Waals surface area (Å²) in [7, 11) is -3.09. The van der Waals surface area contributed by atoms with Crippen LogP contribution in [0.4, 0.5) is 0 Å². The highest BCUT2D eigenvalue weighted by Crippen LogP contribution is 2.30. The Morgan fingerprint density at radius 1 is 1.10 bits per heavy atom. The molecule has 0 aromatic rings. The SMILES string of the molecule is CC(C)CCS(=O)(=O)N1CCCCCC1C1CCNCC1. The molecule has 2 heterocycles. The Kier molecular flexibility index (Phi) is 6.51. The lowest BCUT2D eigenvalue weighted by Gasteiger charge is -2.37. The Balaban J connectivity index is 2.10. The smallest absolute Gasteiger partial charge is 0.214 e. The number of piperidine rings is 1. The zero-order valence-corrected chi connectivity index (χ0v) is 14.5. The maximum Gasteiger partial charge on any atom is 0.214 e. The molecule has 2 saturated heterocycles. The molecule has 0 amide bonds. The second-order valence-corrected chi connectivity index (χ2v) is 9.15. The van der Waals surface area contributed by atoms with Gasteiger partial charge in [-0.15, -0.1) is 0 Å². The van der Waals surface area contributed by atoms with Crippen molar-refractivity contribution < 1.29 is 8.42 Å². The Bertz CT molecular complexity index is 403. The molecule has 1 N–H and O–H groups in total. The highest BCUT2D eigenvalue weighted by Gasteiger charge is 2.36. The molecule has 0 spiro atoms. The van der Waals surface area contributed by atoms with Crippen molar-refractivity contribution in [1.82, 2.24) is 9.62 Å². The Morgan fingerprint density at radius 2 is 1.81 bits per heavy atom. The van der Waals surface area contributed by atoms with Gasteiger partial charge in [-0.3, -0.25) is 0 Å². The average Bonchev–Trinajstić information content (AvgIpc) is 2.72. The van der Waals surface area contributed by atoms with Crippen LogP contribution in [0.5, 0.6) is 0 Å². The Labute approximate surface area is 130 Å². The molecule has 0 aromatic heterocycles. The highest BCUT2D eigenvalue weighted by atomic mass is 32.2. The largest absolute Gasteiger partial charge is 0.317 e. The van der Waals surface area contributed by atoms with E-state index in [4.69, 9.17) is 0 Å². The van der Waals surface area contributed by atoms with Gasteiger partial charge >= 0.3 is 0 Å². The molecule has 0 aliphatic carbocycles. The maximum absolute atomic E-state index is 12.8. The standard InChI is InChI=1S/C16H32N2O2S/c1-14(2)9-13-21(19,20)18-12-5-3-4-6-16(18)15-7-10-17-11-8-15/h14-17H,3-13H2,1-2H3. The number of sulfonamides is 1. The first-order valence-corrected chi connectivity index (χ1v) is 10.3. The van der Waals surface area contributed by atoms with E-state index in [1.54, 1.807) is 0 Å². The van der Waals surface area contributed by atoms with Crippen molar-refractivity contribution in [3.63, 3.8) is 0 Å². The molecule has 2 fully saturated rings. The van der Waals surface area contributed by atoms with Gasteiger partial charge in [0.15, 0.2) is 0 Å². The first-order valence-electron chi connectivity index (χ1n) is 8.71. The van der Waals surface area contributed by atoms with E-state index < -0.39 is 10.0 Å². The zero-order chi connectivity index (χ0) is 15.3. The molecule has 21 heavy (non-hydrogen) atoms. The van der Waals surface area contributed by atoms with Gasteiger partial charge in [-0.25, -0.2) is 8.42 Å². The highest BCUT2D eigenvalue weighted by molar-refractivity contribution is 7.89. The van der Waals surface area contributed by atoms with E-state index >= 15 is 0 Å². The van der Waals surface area contributed by atoms with E-state index in [9.17, 15) is 8.42 Å². The number of nitrogens with zero attached hydrogens (tertiary/aromatic N) is 1. The predicted molar refractivity (Wildman–Crippen MR) is 87.8 cm³/mol. The molecule has 0 aromatic carbocycles. The van der Waals surface area contributed by atoms with Crippen LogP contribution in [0.25, 0.3) is 0 Å². The van der Waals surface area contributed by atoms with E-state index in [-0.39, 0.29) is 6.04 Å². The summed E-state index contributed by atoms with van der Waals surface area (Å²) in [5, 5.41) is 3.40. The zero-order valence-electron chi connectivity index (χ0n) is 13.7. The van der Waals surface area contributed by atoms with Crippen molar-refractivity contribution in [2.24, 2.45) is 11.8 Å². The molecule has 4 nitrogen and oxygen atoms in total. The number of nitrogens with one attached hydrogen (secondary N) is 1. The molecule has 124 valence electrons. The topological polar surface area (TPSA) is 49.4 Å². The van der Waals surface area contributed by atoms with Gasteiger partial charge in [0, 0.05) is 12.6 Å². The van der Waals surface area contributed by atoms with Crippen molar-refractivity contribution in [3.8, 4) is 0 Å². The summed E-state index contributed by atoms with van der Waals surface area (Å²) in [5.41, 5.74) is 0. The van der Waals surface area contributed by atoms with Gasteiger partial charge in [-0.2, -0.15) is 4.31 Å². The van der Waals surface area contributed by atoms with Crippen molar-refractivity contribution >= 4 is 10.0 Å². The third-order valence-electron chi connectivity index (χ3n) is 4.99. The van der Waals surface area contributed by atoms with Crippen LogP contribution in [0.2, 0.25) is 0 Å². The first kappa shape index (κ1) is 17.2. The molecule has 1 atom stereocenters. The maximum atomic E-state index is 12.8. The van der Waals surface area contributed by atoms with Crippen molar-refractivity contribution in [2.45, 2.75) is 64.8 Å². The van der Waals surface area contributed by atoms with Crippen LogP contribution in [0, 0.1) is 11.8 Å². The lowest BCUT2D eigenvalue weighted by Crippen LogP contribution is -2.47. The fourth-order valence-corrected chi connectivity index (χ4v) is 5.76. The molecular formula is C16H32N2O2S. The van der Waals surface area contributed by atoms with Crippen LogP contribution < -0.4 is 5.32 Å². The summed E-state index contributed by atoms with van der Waals surface area (Å²) in [6, 6.07) is 0.256. The third-order valence-corrected chi connectivity index (χ3v) is 6.91. The Morgan fingerprint density at radius 3 is 2.48 bits per heavy atom. The van der Waals surface area contributed by atoms with Crippen LogP contribution in [0.1, 0.15) is 58.8 Å². The fourth-order valence-electron chi connectivity index (χ4n) is 3.65. The van der Waals surface area contributed by atoms with Crippen molar-refractivity contribution in [2.75, 3.05) is 25.4 Å². The summed E-state index contributed by atoms with van der Waals surface area (Å²) >= 11 is 0. The van der Waals surface area contributed by atoms with E-state index in [2.05, 4.69) is 19.2 Å². The van der Waals surface area contributed by atoms with Gasteiger partial charge in [-0.1, -0.05) is 26.7 Å². The molecule has 0 saturated carbocycles. The van der Waals surface area contributed by atoms with Crippen LogP contribution >= 0.6 is 0 Å². The van der Waals surface area contributed by atoms with Gasteiger partial charge in [0.05, 0.1) is 5.75 Å². The molecule has 2 aliphatic heterocycles. The van der Waals surface area contributed by atoms with Crippen molar-refractivity contribution in [3.05, 3.63) is 0 Å². The number of rotatable bonds is 5. The molecule has 1 unspecified atom stereocenters. The lowest BCUT2D eigenvalue weighted by atomic mass is 9.88. The fraction of sp³-hybridized carbons (Fsp3) is 1.00. The van der Waals surface area contributed by atoms with Gasteiger partial charge in [0.1, 0.15) is 0 Å². The quantitative estimate of drug-likeness (QED) is 0.848. The van der Waals surface area contributed by atoms with E-state index in [0.29, 0.717) is 17.6 Å². The van der Waals surface area contributed by atoms with Crippen LogP contribution in [0.3, 0.4) is 0 Å². The minimum absolute atomic E-state index is 0.256. The first-order chi connectivity index (χ1) is 10.0. The van der Waals surface area contributed by atoms with Crippen LogP contribution in [0.15, 0.2) is 0 Å². The Hall–Kier alpha value is -0.130. The van der Waals surface area contributed by atoms with Gasteiger partial charge in [0.25, 0.3) is 0 Å². The molecule has 0 bridgehead atoms. The second-order valence-electron chi connectivity index (χ2n) is 7.11.